The maximum atomic E-state index is 11.0. The SMILES string of the molecule is CCOC(=O)CC#Cc1ccc(C=O)cc1. The molecule has 1 rings (SSSR count). The van der Waals surface area contributed by atoms with Crippen LogP contribution >= 0.6 is 0 Å². The van der Waals surface area contributed by atoms with Gasteiger partial charge in [-0.1, -0.05) is 24.0 Å². The molecule has 1 aromatic rings. The fourth-order valence-electron chi connectivity index (χ4n) is 1.08. The van der Waals surface area contributed by atoms with Gasteiger partial charge in [0.1, 0.15) is 12.7 Å². The fraction of sp³-hybridized carbons (Fsp3) is 0.231. The lowest BCUT2D eigenvalue weighted by Crippen LogP contribution is -2.01. The van der Waals surface area contributed by atoms with E-state index in [9.17, 15) is 9.59 Å². The first-order chi connectivity index (χ1) is 7.76. The van der Waals surface area contributed by atoms with Crippen LogP contribution in [0.15, 0.2) is 24.3 Å². The Morgan fingerprint density at radius 1 is 1.38 bits per heavy atom. The van der Waals surface area contributed by atoms with Gasteiger partial charge in [0.2, 0.25) is 0 Å². The Morgan fingerprint density at radius 3 is 2.62 bits per heavy atom. The Hall–Kier alpha value is -2.08. The van der Waals surface area contributed by atoms with Gasteiger partial charge in [-0.3, -0.25) is 9.59 Å². The summed E-state index contributed by atoms with van der Waals surface area (Å²) in [6, 6.07) is 6.84. The first kappa shape index (κ1) is 12.0. The molecule has 0 bridgehead atoms. The third-order valence-electron chi connectivity index (χ3n) is 1.82. The molecule has 0 radical (unpaired) electrons. The number of carbonyl (C=O) groups excluding carboxylic acids is 2. The van der Waals surface area contributed by atoms with E-state index in [2.05, 4.69) is 11.8 Å². The lowest BCUT2D eigenvalue weighted by Gasteiger charge is -1.95. The van der Waals surface area contributed by atoms with Gasteiger partial charge in [-0.05, 0) is 19.1 Å². The van der Waals surface area contributed by atoms with Crippen molar-refractivity contribution in [1.82, 2.24) is 0 Å². The molecule has 0 aliphatic heterocycles. The van der Waals surface area contributed by atoms with Gasteiger partial charge in [0.25, 0.3) is 0 Å². The molecule has 0 atom stereocenters. The average Bonchev–Trinajstić information content (AvgIpc) is 2.30. The second-order valence-corrected chi connectivity index (χ2v) is 3.02. The Kier molecular flexibility index (Phi) is 4.81. The summed E-state index contributed by atoms with van der Waals surface area (Å²) in [7, 11) is 0. The molecule has 0 heterocycles. The van der Waals surface area contributed by atoms with Gasteiger partial charge in [0.05, 0.1) is 6.61 Å². The van der Waals surface area contributed by atoms with Crippen molar-refractivity contribution in [2.24, 2.45) is 0 Å². The highest BCUT2D eigenvalue weighted by Gasteiger charge is 1.96. The second-order valence-electron chi connectivity index (χ2n) is 3.02. The van der Waals surface area contributed by atoms with E-state index >= 15 is 0 Å². The molecule has 3 nitrogen and oxygen atoms in total. The first-order valence-corrected chi connectivity index (χ1v) is 4.96. The summed E-state index contributed by atoms with van der Waals surface area (Å²) in [5.41, 5.74) is 1.38. The van der Waals surface area contributed by atoms with E-state index in [1.54, 1.807) is 31.2 Å². The summed E-state index contributed by atoms with van der Waals surface area (Å²) < 4.78 is 4.73. The molecule has 82 valence electrons. The Bertz CT molecular complexity index is 421. The Balaban J connectivity index is 2.56. The first-order valence-electron chi connectivity index (χ1n) is 4.96. The van der Waals surface area contributed by atoms with Crippen molar-refractivity contribution in [2.45, 2.75) is 13.3 Å². The minimum absolute atomic E-state index is 0.0866. The zero-order valence-electron chi connectivity index (χ0n) is 9.03. The van der Waals surface area contributed by atoms with E-state index in [4.69, 9.17) is 4.74 Å². The summed E-state index contributed by atoms with van der Waals surface area (Å²) in [5, 5.41) is 0. The van der Waals surface area contributed by atoms with Crippen molar-refractivity contribution in [1.29, 1.82) is 0 Å². The molecule has 0 saturated carbocycles. The van der Waals surface area contributed by atoms with Crippen LogP contribution < -0.4 is 0 Å². The molecule has 0 aliphatic rings. The smallest absolute Gasteiger partial charge is 0.317 e. The molecule has 0 unspecified atom stereocenters. The predicted molar refractivity (Wildman–Crippen MR) is 60.0 cm³/mol. The standard InChI is InChI=1S/C13H12O3/c1-2-16-13(15)5-3-4-11-6-8-12(10-14)9-7-11/h6-10H,2,5H2,1H3. The number of carbonyl (C=O) groups is 2. The average molecular weight is 216 g/mol. The zero-order valence-corrected chi connectivity index (χ0v) is 9.03. The lowest BCUT2D eigenvalue weighted by atomic mass is 10.1. The number of benzene rings is 1. The highest BCUT2D eigenvalue weighted by Crippen LogP contribution is 2.00. The van der Waals surface area contributed by atoms with Crippen LogP contribution in [0.4, 0.5) is 0 Å². The largest absolute Gasteiger partial charge is 0.465 e. The van der Waals surface area contributed by atoms with Crippen LogP contribution in [0.5, 0.6) is 0 Å². The minimum Gasteiger partial charge on any atom is -0.465 e. The summed E-state index contributed by atoms with van der Waals surface area (Å²) in [6.45, 7) is 2.12. The van der Waals surface area contributed by atoms with Gasteiger partial charge in [-0.25, -0.2) is 0 Å². The van der Waals surface area contributed by atoms with Crippen LogP contribution in [-0.4, -0.2) is 18.9 Å². The highest BCUT2D eigenvalue weighted by atomic mass is 16.5. The number of ether oxygens (including phenoxy) is 1. The highest BCUT2D eigenvalue weighted by molar-refractivity contribution is 5.75. The molecule has 0 aromatic heterocycles. The molecule has 1 aromatic carbocycles. The van der Waals surface area contributed by atoms with Crippen molar-refractivity contribution in [3.05, 3.63) is 35.4 Å². The van der Waals surface area contributed by atoms with E-state index in [0.29, 0.717) is 12.2 Å². The lowest BCUT2D eigenvalue weighted by molar-refractivity contribution is -0.141. The summed E-state index contributed by atoms with van der Waals surface area (Å²) in [6.07, 6.45) is 0.860. The van der Waals surface area contributed by atoms with Gasteiger partial charge in [0, 0.05) is 11.1 Å². The second kappa shape index (κ2) is 6.41. The van der Waals surface area contributed by atoms with Crippen LogP contribution in [0.3, 0.4) is 0 Å². The van der Waals surface area contributed by atoms with E-state index in [0.717, 1.165) is 11.8 Å². The molecular formula is C13H12O3. The monoisotopic (exact) mass is 216 g/mol. The van der Waals surface area contributed by atoms with E-state index in [1.807, 2.05) is 0 Å². The van der Waals surface area contributed by atoms with Gasteiger partial charge in [0.15, 0.2) is 0 Å². The van der Waals surface area contributed by atoms with Crippen molar-refractivity contribution in [3.63, 3.8) is 0 Å². The molecule has 0 N–H and O–H groups in total. The number of hydrogen-bond acceptors (Lipinski definition) is 3. The molecule has 0 amide bonds. The van der Waals surface area contributed by atoms with Crippen molar-refractivity contribution >= 4 is 12.3 Å². The minimum atomic E-state index is -0.320. The van der Waals surface area contributed by atoms with E-state index in [-0.39, 0.29) is 12.4 Å². The Labute approximate surface area is 94.4 Å². The zero-order chi connectivity index (χ0) is 11.8. The maximum absolute atomic E-state index is 11.0. The van der Waals surface area contributed by atoms with Gasteiger partial charge in [-0.2, -0.15) is 0 Å². The Morgan fingerprint density at radius 2 is 2.06 bits per heavy atom. The fourth-order valence-corrected chi connectivity index (χ4v) is 1.08. The topological polar surface area (TPSA) is 43.4 Å². The van der Waals surface area contributed by atoms with Crippen LogP contribution in [0.2, 0.25) is 0 Å². The quantitative estimate of drug-likeness (QED) is 0.439. The summed E-state index contributed by atoms with van der Waals surface area (Å²) >= 11 is 0. The van der Waals surface area contributed by atoms with Gasteiger partial charge >= 0.3 is 5.97 Å². The van der Waals surface area contributed by atoms with Crippen molar-refractivity contribution < 1.29 is 14.3 Å². The third kappa shape index (κ3) is 3.97. The van der Waals surface area contributed by atoms with E-state index < -0.39 is 0 Å². The van der Waals surface area contributed by atoms with Crippen molar-refractivity contribution in [2.75, 3.05) is 6.61 Å². The van der Waals surface area contributed by atoms with Gasteiger partial charge < -0.3 is 4.74 Å². The molecule has 0 fully saturated rings. The number of hydrogen-bond donors (Lipinski definition) is 0. The molecule has 0 aliphatic carbocycles. The third-order valence-corrected chi connectivity index (χ3v) is 1.82. The maximum Gasteiger partial charge on any atom is 0.317 e. The summed E-state index contributed by atoms with van der Waals surface area (Å²) in [5.74, 6) is 5.21. The number of aldehydes is 1. The van der Waals surface area contributed by atoms with Crippen molar-refractivity contribution in [3.8, 4) is 11.8 Å². The summed E-state index contributed by atoms with van der Waals surface area (Å²) in [4.78, 5) is 21.4. The molecule has 16 heavy (non-hydrogen) atoms. The van der Waals surface area contributed by atoms with E-state index in [1.165, 1.54) is 0 Å². The van der Waals surface area contributed by atoms with Crippen LogP contribution in [-0.2, 0) is 9.53 Å². The van der Waals surface area contributed by atoms with Crippen LogP contribution in [0.1, 0.15) is 29.3 Å². The van der Waals surface area contributed by atoms with Gasteiger partial charge in [-0.15, -0.1) is 0 Å². The molecule has 0 spiro atoms. The molecule has 3 heteroatoms. The van der Waals surface area contributed by atoms with Crippen LogP contribution in [0.25, 0.3) is 0 Å². The normalized spacial score (nSPS) is 8.81. The number of esters is 1. The predicted octanol–water partition coefficient (Wildman–Crippen LogP) is 1.80. The molecular weight excluding hydrogens is 204 g/mol. The number of rotatable bonds is 3. The molecule has 0 saturated heterocycles. The van der Waals surface area contributed by atoms with Crippen LogP contribution in [0, 0.1) is 11.8 Å².